The van der Waals surface area contributed by atoms with E-state index in [4.69, 9.17) is 38.2 Å². The molecule has 3 aromatic carbocycles. The highest BCUT2D eigenvalue weighted by atomic mass is 16.7. The number of benzene rings is 3. The Morgan fingerprint density at radius 2 is 0.824 bits per heavy atom. The van der Waals surface area contributed by atoms with Crippen LogP contribution in [0.4, 0.5) is 0 Å². The van der Waals surface area contributed by atoms with E-state index >= 15 is 0 Å². The first-order valence-electron chi connectivity index (χ1n) is 17.6. The van der Waals surface area contributed by atoms with Crippen LogP contribution in [0.3, 0.4) is 0 Å². The van der Waals surface area contributed by atoms with Crippen LogP contribution in [-0.4, -0.2) is 75.4 Å². The summed E-state index contributed by atoms with van der Waals surface area (Å²) in [6.07, 6.45) is 0. The molecule has 0 unspecified atom stereocenters. The van der Waals surface area contributed by atoms with Crippen molar-refractivity contribution in [2.75, 3.05) is 0 Å². The quantitative estimate of drug-likeness (QED) is 0.235. The summed E-state index contributed by atoms with van der Waals surface area (Å²) in [4.78, 5) is 14.8. The third kappa shape index (κ3) is 7.45. The van der Waals surface area contributed by atoms with Crippen molar-refractivity contribution in [2.24, 2.45) is 0 Å². The highest BCUT2D eigenvalue weighted by Crippen LogP contribution is 2.38. The lowest BCUT2D eigenvalue weighted by Crippen LogP contribution is -2.49. The highest BCUT2D eigenvalue weighted by molar-refractivity contribution is 6.62. The summed E-state index contributed by atoms with van der Waals surface area (Å²) in [5.41, 5.74) is 1.65. The Labute approximate surface area is 304 Å². The van der Waals surface area contributed by atoms with E-state index in [1.54, 1.807) is 21.3 Å². The van der Waals surface area contributed by atoms with Crippen molar-refractivity contribution in [3.8, 4) is 34.2 Å². The average Bonchev–Trinajstić information content (AvgIpc) is 3.42. The number of aliphatic hydroxyl groups is 1. The van der Waals surface area contributed by atoms with Crippen molar-refractivity contribution < 1.29 is 28.4 Å². The summed E-state index contributed by atoms with van der Waals surface area (Å²) in [5.74, 6) is 1.61. The minimum Gasteiger partial charge on any atom is -0.427 e. The van der Waals surface area contributed by atoms with Gasteiger partial charge >= 0.3 is 21.7 Å². The Bertz CT molecular complexity index is 1740. The number of hydrogen-bond acceptors (Lipinski definition) is 9. The van der Waals surface area contributed by atoms with Gasteiger partial charge in [-0.1, -0.05) is 78.3 Å². The molecular weight excluding hydrogens is 639 g/mol. The molecule has 1 N–H and O–H groups in total. The van der Waals surface area contributed by atoms with Crippen LogP contribution < -0.4 is 16.4 Å². The molecular formula is C39H49B3N3O6. The molecule has 0 saturated carbocycles. The Hall–Kier alpha value is -3.38. The van der Waals surface area contributed by atoms with Gasteiger partial charge < -0.3 is 28.4 Å². The van der Waals surface area contributed by atoms with Gasteiger partial charge in [-0.2, -0.15) is 0 Å². The first-order valence-corrected chi connectivity index (χ1v) is 17.6. The van der Waals surface area contributed by atoms with Gasteiger partial charge in [-0.05, 0) is 94.0 Å². The molecule has 0 amide bonds. The molecule has 2 saturated heterocycles. The summed E-state index contributed by atoms with van der Waals surface area (Å²) >= 11 is 0. The Morgan fingerprint density at radius 1 is 0.529 bits per heavy atom. The van der Waals surface area contributed by atoms with Crippen molar-refractivity contribution >= 4 is 38.1 Å². The average molecular weight is 688 g/mol. The normalized spacial score (nSPS) is 19.4. The van der Waals surface area contributed by atoms with Crippen LogP contribution in [0.25, 0.3) is 34.2 Å². The van der Waals surface area contributed by atoms with Gasteiger partial charge in [0.1, 0.15) is 0 Å². The zero-order valence-electron chi connectivity index (χ0n) is 32.0. The van der Waals surface area contributed by atoms with E-state index in [2.05, 4.69) is 0 Å². The number of aromatic nitrogens is 3. The molecule has 0 atom stereocenters. The van der Waals surface area contributed by atoms with Crippen molar-refractivity contribution in [3.05, 3.63) is 72.8 Å². The molecule has 0 aliphatic carbocycles. The standard InChI is InChI=1S/C39H49B3N3O6/c1-34(2,46)35(3,4)47-40-28-19-13-25(14-20-28)31-43-32(26-15-21-29(22-16-26)41-48-36(5,6)37(7,8)49-41)45-33(44-31)27-17-23-30(24-18-27)42-50-38(9,10)39(11,12)51-42/h13-24,46H,1-12H3. The Morgan fingerprint density at radius 3 is 1.12 bits per heavy atom. The number of rotatable bonds is 9. The summed E-state index contributed by atoms with van der Waals surface area (Å²) in [5, 5.41) is 10.5. The zero-order valence-corrected chi connectivity index (χ0v) is 32.0. The molecule has 0 bridgehead atoms. The molecule has 1 radical (unpaired) electrons. The molecule has 265 valence electrons. The van der Waals surface area contributed by atoms with E-state index in [0.717, 1.165) is 33.1 Å². The molecule has 1 aromatic heterocycles. The second kappa shape index (κ2) is 12.9. The van der Waals surface area contributed by atoms with Crippen LogP contribution in [0.15, 0.2) is 72.8 Å². The number of nitrogens with zero attached hydrogens (tertiary/aromatic N) is 3. The molecule has 2 fully saturated rings. The lowest BCUT2D eigenvalue weighted by atomic mass is 9.79. The van der Waals surface area contributed by atoms with E-state index in [9.17, 15) is 5.11 Å². The summed E-state index contributed by atoms with van der Waals surface area (Å²) in [6, 6.07) is 23.8. The summed E-state index contributed by atoms with van der Waals surface area (Å²) in [6.45, 7) is 23.6. The van der Waals surface area contributed by atoms with Crippen LogP contribution in [-0.2, 0) is 23.3 Å². The largest absolute Gasteiger partial charge is 0.494 e. The first kappa shape index (κ1) is 37.4. The first-order chi connectivity index (χ1) is 23.6. The van der Waals surface area contributed by atoms with Gasteiger partial charge in [0, 0.05) is 16.7 Å². The van der Waals surface area contributed by atoms with Crippen molar-refractivity contribution in [1.29, 1.82) is 0 Å². The topological polar surface area (TPSA) is 105 Å². The van der Waals surface area contributed by atoms with Crippen molar-refractivity contribution in [3.63, 3.8) is 0 Å². The van der Waals surface area contributed by atoms with Gasteiger partial charge in [0.15, 0.2) is 17.5 Å². The molecule has 51 heavy (non-hydrogen) atoms. The van der Waals surface area contributed by atoms with Gasteiger partial charge in [0.25, 0.3) is 0 Å². The predicted molar refractivity (Wildman–Crippen MR) is 204 cm³/mol. The molecule has 3 heterocycles. The van der Waals surface area contributed by atoms with Crippen LogP contribution in [0.1, 0.15) is 83.1 Å². The second-order valence-electron chi connectivity index (χ2n) is 16.7. The fourth-order valence-corrected chi connectivity index (χ4v) is 5.37. The van der Waals surface area contributed by atoms with Gasteiger partial charge in [0.2, 0.25) is 0 Å². The molecule has 0 spiro atoms. The van der Waals surface area contributed by atoms with Crippen LogP contribution >= 0.6 is 0 Å². The fourth-order valence-electron chi connectivity index (χ4n) is 5.37. The third-order valence-electron chi connectivity index (χ3n) is 11.2. The van der Waals surface area contributed by atoms with Gasteiger partial charge in [-0.15, -0.1) is 0 Å². The Kier molecular flexibility index (Phi) is 9.48. The van der Waals surface area contributed by atoms with E-state index in [0.29, 0.717) is 17.5 Å². The Balaban J connectivity index is 1.32. The second-order valence-corrected chi connectivity index (χ2v) is 16.7. The molecule has 9 nitrogen and oxygen atoms in total. The maximum absolute atomic E-state index is 10.5. The van der Waals surface area contributed by atoms with E-state index < -0.39 is 47.8 Å². The summed E-state index contributed by atoms with van der Waals surface area (Å²) < 4.78 is 31.1. The molecule has 12 heteroatoms. The van der Waals surface area contributed by atoms with Crippen molar-refractivity contribution in [2.45, 2.75) is 117 Å². The lowest BCUT2D eigenvalue weighted by molar-refractivity contribution is -0.0893. The molecule has 2 aliphatic heterocycles. The van der Waals surface area contributed by atoms with Crippen molar-refractivity contribution in [1.82, 2.24) is 15.0 Å². The highest BCUT2D eigenvalue weighted by Gasteiger charge is 2.52. The monoisotopic (exact) mass is 688 g/mol. The van der Waals surface area contributed by atoms with E-state index in [1.807, 2.05) is 142 Å². The third-order valence-corrected chi connectivity index (χ3v) is 11.2. The minimum atomic E-state index is -1.02. The SMILES string of the molecule is CC(C)(O)C(C)(C)O[B]c1ccc(-c2nc(-c3ccc(B4OC(C)(C)C(C)(C)O4)cc3)nc(-c3ccc(B4OC(C)(C)C(C)(C)O4)cc3)n2)cc1. The molecule has 6 rings (SSSR count). The van der Waals surface area contributed by atoms with Crippen LogP contribution in [0.2, 0.25) is 0 Å². The van der Waals surface area contributed by atoms with Gasteiger partial charge in [-0.3, -0.25) is 0 Å². The fraction of sp³-hybridized carbons (Fsp3) is 0.462. The summed E-state index contributed by atoms with van der Waals surface area (Å²) in [7, 11) is 0.725. The smallest absolute Gasteiger partial charge is 0.427 e. The minimum absolute atomic E-state index is 0.433. The lowest BCUT2D eigenvalue weighted by Gasteiger charge is -2.37. The maximum Gasteiger partial charge on any atom is 0.494 e. The van der Waals surface area contributed by atoms with Crippen LogP contribution in [0.5, 0.6) is 0 Å². The number of hydrogen-bond donors (Lipinski definition) is 1. The molecule has 4 aromatic rings. The van der Waals surface area contributed by atoms with Crippen LogP contribution in [0, 0.1) is 0 Å². The predicted octanol–water partition coefficient (Wildman–Crippen LogP) is 5.28. The maximum atomic E-state index is 10.5. The van der Waals surface area contributed by atoms with E-state index in [1.165, 1.54) is 0 Å². The molecule has 2 aliphatic rings. The van der Waals surface area contributed by atoms with Gasteiger partial charge in [0.05, 0.1) is 33.6 Å². The van der Waals surface area contributed by atoms with Gasteiger partial charge in [-0.25, -0.2) is 15.0 Å². The zero-order chi connectivity index (χ0) is 37.2. The van der Waals surface area contributed by atoms with E-state index in [-0.39, 0.29) is 0 Å².